The molecular weight excluding hydrogens is 464 g/mol. The standard InChI is InChI=1S/C22H17ClF4N4O2/c1-2-16(33)30-6-8-31(9-7-30)21-18-14(28-11-29-21)10-12(20(23)19(18)22(25,26)27)17-13(24)4-3-5-15(17)32/h2-5,10-11,32H,1,6-9H2. The summed E-state index contributed by atoms with van der Waals surface area (Å²) in [5.41, 5.74) is -2.12. The second-order valence-electron chi connectivity index (χ2n) is 7.35. The first-order valence-corrected chi connectivity index (χ1v) is 10.2. The Balaban J connectivity index is 1.92. The van der Waals surface area contributed by atoms with Crippen molar-refractivity contribution in [3.8, 4) is 16.9 Å². The van der Waals surface area contributed by atoms with Crippen molar-refractivity contribution in [3.63, 3.8) is 0 Å². The molecule has 0 saturated carbocycles. The van der Waals surface area contributed by atoms with Crippen LogP contribution in [0.4, 0.5) is 23.4 Å². The van der Waals surface area contributed by atoms with E-state index in [0.29, 0.717) is 0 Å². The Bertz CT molecular complexity index is 1240. The van der Waals surface area contributed by atoms with Gasteiger partial charge in [-0.1, -0.05) is 24.2 Å². The Morgan fingerprint density at radius 1 is 1.18 bits per heavy atom. The summed E-state index contributed by atoms with van der Waals surface area (Å²) in [7, 11) is 0. The first-order valence-electron chi connectivity index (χ1n) is 9.82. The molecule has 1 aromatic heterocycles. The Kier molecular flexibility index (Phi) is 5.87. The smallest absolute Gasteiger partial charge is 0.418 e. The normalized spacial score (nSPS) is 14.6. The lowest BCUT2D eigenvalue weighted by Gasteiger charge is -2.35. The summed E-state index contributed by atoms with van der Waals surface area (Å²) < 4.78 is 57.2. The Morgan fingerprint density at radius 2 is 1.88 bits per heavy atom. The molecule has 172 valence electrons. The number of nitrogens with zero attached hydrogens (tertiary/aromatic N) is 4. The van der Waals surface area contributed by atoms with Gasteiger partial charge in [0.1, 0.15) is 23.7 Å². The third-order valence-electron chi connectivity index (χ3n) is 5.45. The number of phenolic OH excluding ortho intramolecular Hbond substituents is 1. The van der Waals surface area contributed by atoms with Crippen LogP contribution in [0.5, 0.6) is 5.75 Å². The van der Waals surface area contributed by atoms with Crippen molar-refractivity contribution < 1.29 is 27.5 Å². The van der Waals surface area contributed by atoms with Crippen LogP contribution in [0.1, 0.15) is 5.56 Å². The summed E-state index contributed by atoms with van der Waals surface area (Å²) in [5, 5.41) is 9.02. The quantitative estimate of drug-likeness (QED) is 0.436. The molecular formula is C22H17ClF4N4O2. The fraction of sp³-hybridized carbons (Fsp3) is 0.227. The van der Waals surface area contributed by atoms with Crippen molar-refractivity contribution >= 4 is 34.2 Å². The summed E-state index contributed by atoms with van der Waals surface area (Å²) in [4.78, 5) is 23.0. The first-order chi connectivity index (χ1) is 15.6. The number of hydrogen-bond acceptors (Lipinski definition) is 5. The van der Waals surface area contributed by atoms with Crippen molar-refractivity contribution in [1.82, 2.24) is 14.9 Å². The number of piperazine rings is 1. The van der Waals surface area contributed by atoms with Gasteiger partial charge in [-0.05, 0) is 24.3 Å². The van der Waals surface area contributed by atoms with Gasteiger partial charge in [0.2, 0.25) is 5.91 Å². The maximum absolute atomic E-state index is 14.5. The number of fused-ring (bicyclic) bond motifs is 1. The van der Waals surface area contributed by atoms with Gasteiger partial charge in [-0.2, -0.15) is 13.2 Å². The number of carbonyl (C=O) groups excluding carboxylic acids is 1. The van der Waals surface area contributed by atoms with Crippen LogP contribution in [0.3, 0.4) is 0 Å². The number of aromatic hydroxyl groups is 1. The molecule has 1 aliphatic rings. The lowest BCUT2D eigenvalue weighted by atomic mass is 9.97. The van der Waals surface area contributed by atoms with Crippen LogP contribution < -0.4 is 4.90 Å². The van der Waals surface area contributed by atoms with Crippen LogP contribution in [0.25, 0.3) is 22.0 Å². The average molecular weight is 481 g/mol. The van der Waals surface area contributed by atoms with E-state index in [2.05, 4.69) is 16.5 Å². The molecule has 4 rings (SSSR count). The number of anilines is 1. The van der Waals surface area contributed by atoms with Gasteiger partial charge in [0.05, 0.1) is 27.1 Å². The molecule has 1 saturated heterocycles. The number of aromatic nitrogens is 2. The maximum atomic E-state index is 14.5. The zero-order valence-corrected chi connectivity index (χ0v) is 17.8. The minimum atomic E-state index is -4.92. The number of benzene rings is 2. The zero-order chi connectivity index (χ0) is 23.9. The van der Waals surface area contributed by atoms with E-state index in [1.54, 1.807) is 4.90 Å². The Hall–Kier alpha value is -3.40. The van der Waals surface area contributed by atoms with Crippen LogP contribution in [0.2, 0.25) is 5.02 Å². The van der Waals surface area contributed by atoms with E-state index in [4.69, 9.17) is 11.6 Å². The number of amides is 1. The van der Waals surface area contributed by atoms with E-state index >= 15 is 0 Å². The van der Waals surface area contributed by atoms with E-state index in [1.807, 2.05) is 0 Å². The predicted octanol–water partition coefficient (Wildman–Crippen LogP) is 4.65. The molecule has 0 radical (unpaired) electrons. The molecule has 2 aromatic carbocycles. The largest absolute Gasteiger partial charge is 0.507 e. The molecule has 0 spiro atoms. The molecule has 1 aliphatic heterocycles. The van der Waals surface area contributed by atoms with Gasteiger partial charge < -0.3 is 14.9 Å². The van der Waals surface area contributed by atoms with Gasteiger partial charge in [-0.15, -0.1) is 0 Å². The molecule has 0 aliphatic carbocycles. The summed E-state index contributed by atoms with van der Waals surface area (Å²) >= 11 is 6.21. The molecule has 3 aromatic rings. The van der Waals surface area contributed by atoms with E-state index in [-0.39, 0.29) is 54.4 Å². The van der Waals surface area contributed by atoms with Crippen molar-refractivity contribution in [3.05, 3.63) is 59.7 Å². The fourth-order valence-electron chi connectivity index (χ4n) is 3.92. The summed E-state index contributed by atoms with van der Waals surface area (Å²) in [6.07, 6.45) is -2.64. The van der Waals surface area contributed by atoms with Crippen LogP contribution in [0.15, 0.2) is 43.2 Å². The number of phenols is 1. The fourth-order valence-corrected chi connectivity index (χ4v) is 4.27. The summed E-state index contributed by atoms with van der Waals surface area (Å²) in [5.74, 6) is -1.75. The number of alkyl halides is 3. The summed E-state index contributed by atoms with van der Waals surface area (Å²) in [6.45, 7) is 4.44. The first kappa shape index (κ1) is 22.8. The molecule has 1 amide bonds. The molecule has 1 fully saturated rings. The highest BCUT2D eigenvalue weighted by atomic mass is 35.5. The number of rotatable bonds is 3. The van der Waals surface area contributed by atoms with E-state index in [9.17, 15) is 27.5 Å². The zero-order valence-electron chi connectivity index (χ0n) is 17.0. The van der Waals surface area contributed by atoms with Crippen molar-refractivity contribution in [2.45, 2.75) is 6.18 Å². The SMILES string of the molecule is C=CC(=O)N1CCN(c2ncnc3cc(-c4c(O)cccc4F)c(Cl)c(C(F)(F)F)c23)CC1. The van der Waals surface area contributed by atoms with Crippen LogP contribution in [0, 0.1) is 5.82 Å². The topological polar surface area (TPSA) is 69.6 Å². The highest BCUT2D eigenvalue weighted by molar-refractivity contribution is 6.35. The third-order valence-corrected chi connectivity index (χ3v) is 5.85. The second-order valence-corrected chi connectivity index (χ2v) is 7.73. The van der Waals surface area contributed by atoms with E-state index in [0.717, 1.165) is 18.5 Å². The Labute approximate surface area is 190 Å². The van der Waals surface area contributed by atoms with Crippen LogP contribution in [-0.4, -0.2) is 52.1 Å². The van der Waals surface area contributed by atoms with Gasteiger partial charge in [0, 0.05) is 31.7 Å². The minimum Gasteiger partial charge on any atom is -0.507 e. The van der Waals surface area contributed by atoms with Gasteiger partial charge in [-0.3, -0.25) is 4.79 Å². The van der Waals surface area contributed by atoms with Crippen LogP contribution >= 0.6 is 11.6 Å². The van der Waals surface area contributed by atoms with Crippen molar-refractivity contribution in [1.29, 1.82) is 0 Å². The maximum Gasteiger partial charge on any atom is 0.418 e. The lowest BCUT2D eigenvalue weighted by molar-refractivity contribution is -0.136. The molecule has 2 heterocycles. The minimum absolute atomic E-state index is 0.00392. The van der Waals surface area contributed by atoms with Crippen molar-refractivity contribution in [2.75, 3.05) is 31.1 Å². The van der Waals surface area contributed by atoms with Gasteiger partial charge >= 0.3 is 6.18 Å². The lowest BCUT2D eigenvalue weighted by Crippen LogP contribution is -2.48. The van der Waals surface area contributed by atoms with E-state index < -0.39 is 33.9 Å². The van der Waals surface area contributed by atoms with Gasteiger partial charge in [-0.25, -0.2) is 14.4 Å². The highest BCUT2D eigenvalue weighted by Gasteiger charge is 2.39. The summed E-state index contributed by atoms with van der Waals surface area (Å²) in [6, 6.07) is 4.60. The average Bonchev–Trinajstić information content (AvgIpc) is 2.77. The van der Waals surface area contributed by atoms with Gasteiger partial charge in [0.25, 0.3) is 0 Å². The van der Waals surface area contributed by atoms with Crippen LogP contribution in [-0.2, 0) is 11.0 Å². The highest BCUT2D eigenvalue weighted by Crippen LogP contribution is 2.48. The van der Waals surface area contributed by atoms with Gasteiger partial charge in [0.15, 0.2) is 0 Å². The molecule has 11 heteroatoms. The number of halogens is 5. The molecule has 6 nitrogen and oxygen atoms in total. The van der Waals surface area contributed by atoms with E-state index in [1.165, 1.54) is 23.1 Å². The number of carbonyl (C=O) groups is 1. The molecule has 1 N–H and O–H groups in total. The monoisotopic (exact) mass is 480 g/mol. The molecule has 0 atom stereocenters. The second kappa shape index (κ2) is 8.51. The Morgan fingerprint density at radius 3 is 2.48 bits per heavy atom. The molecule has 0 unspecified atom stereocenters. The molecule has 33 heavy (non-hydrogen) atoms. The predicted molar refractivity (Wildman–Crippen MR) is 116 cm³/mol. The van der Waals surface area contributed by atoms with Crippen molar-refractivity contribution in [2.24, 2.45) is 0 Å². The number of hydrogen-bond donors (Lipinski definition) is 1. The third kappa shape index (κ3) is 4.06. The molecule has 0 bridgehead atoms.